The number of hydrogen-bond acceptors (Lipinski definition) is 6. The number of nitrogens with zero attached hydrogens (tertiary/aromatic N) is 3. The van der Waals surface area contributed by atoms with Crippen LogP contribution in [0.4, 0.5) is 8.78 Å². The molecule has 11 heteroatoms. The Bertz CT molecular complexity index is 765. The predicted molar refractivity (Wildman–Crippen MR) is 93.1 cm³/mol. The fourth-order valence-electron chi connectivity index (χ4n) is 2.00. The molecule has 2 aromatic rings. The van der Waals surface area contributed by atoms with Gasteiger partial charge < -0.3 is 9.05 Å². The normalized spacial score (nSPS) is 14.6. The summed E-state index contributed by atoms with van der Waals surface area (Å²) in [6.45, 7) is 6.62. The van der Waals surface area contributed by atoms with E-state index in [1.54, 1.807) is 19.1 Å². The van der Waals surface area contributed by atoms with Crippen molar-refractivity contribution in [2.75, 3.05) is 13.2 Å². The van der Waals surface area contributed by atoms with Crippen LogP contribution in [0.15, 0.2) is 22.9 Å². The summed E-state index contributed by atoms with van der Waals surface area (Å²) in [6.07, 6.45) is 1.49. The van der Waals surface area contributed by atoms with E-state index in [1.807, 2.05) is 13.8 Å². The van der Waals surface area contributed by atoms with Crippen LogP contribution in [0.5, 0.6) is 0 Å². The summed E-state index contributed by atoms with van der Waals surface area (Å²) in [5, 5.41) is 2.69. The third-order valence-electron chi connectivity index (χ3n) is 3.20. The number of hydrogen-bond donors (Lipinski definition) is 1. The molecule has 0 saturated carbocycles. The number of pyridine rings is 1. The van der Waals surface area contributed by atoms with E-state index in [9.17, 15) is 13.3 Å². The Balaban J connectivity index is 2.12. The molecular weight excluding hydrogens is 389 g/mol. The van der Waals surface area contributed by atoms with Crippen molar-refractivity contribution < 1.29 is 22.4 Å². The zero-order valence-electron chi connectivity index (χ0n) is 14.6. The van der Waals surface area contributed by atoms with E-state index in [2.05, 4.69) is 24.7 Å². The lowest BCUT2D eigenvalue weighted by Crippen LogP contribution is -2.19. The Morgan fingerprint density at radius 3 is 2.65 bits per heavy atom. The monoisotopic (exact) mass is 408 g/mol. The molecule has 1 unspecified atom stereocenters. The SMILES string of the molecule is CCOP(=O)(Cc1ccc(-c2noc(C(F)(F)Cl)n2)cn1)NCC(C)C. The molecule has 0 aromatic carbocycles. The Hall–Kier alpha value is -1.41. The van der Waals surface area contributed by atoms with Crippen molar-refractivity contribution in [3.05, 3.63) is 29.9 Å². The van der Waals surface area contributed by atoms with Crippen LogP contribution >= 0.6 is 19.1 Å². The lowest BCUT2D eigenvalue weighted by molar-refractivity contribution is 0.0551. The van der Waals surface area contributed by atoms with Gasteiger partial charge in [0.15, 0.2) is 0 Å². The molecule has 0 aliphatic rings. The second kappa shape index (κ2) is 8.52. The van der Waals surface area contributed by atoms with Crippen molar-refractivity contribution in [1.29, 1.82) is 0 Å². The topological polar surface area (TPSA) is 90.1 Å². The molecule has 1 N–H and O–H groups in total. The fraction of sp³-hybridized carbons (Fsp3) is 0.533. The average molecular weight is 409 g/mol. The molecule has 0 radical (unpaired) electrons. The molecule has 2 aromatic heterocycles. The summed E-state index contributed by atoms with van der Waals surface area (Å²) >= 11 is 4.84. The fourth-order valence-corrected chi connectivity index (χ4v) is 4.04. The van der Waals surface area contributed by atoms with Gasteiger partial charge in [0.2, 0.25) is 5.82 Å². The first-order valence-corrected chi connectivity index (χ1v) is 10.2. The lowest BCUT2D eigenvalue weighted by Gasteiger charge is -2.20. The van der Waals surface area contributed by atoms with Gasteiger partial charge in [-0.15, -0.1) is 0 Å². The van der Waals surface area contributed by atoms with E-state index in [-0.39, 0.29) is 12.0 Å². The van der Waals surface area contributed by atoms with E-state index >= 15 is 0 Å². The summed E-state index contributed by atoms with van der Waals surface area (Å²) in [7, 11) is -3.08. The van der Waals surface area contributed by atoms with Crippen molar-refractivity contribution in [3.8, 4) is 11.4 Å². The number of aromatic nitrogens is 3. The smallest absolute Gasteiger partial charge is 0.331 e. The average Bonchev–Trinajstić information content (AvgIpc) is 3.04. The molecule has 0 amide bonds. The Labute approximate surface area is 155 Å². The van der Waals surface area contributed by atoms with Gasteiger partial charge in [0.1, 0.15) is 0 Å². The van der Waals surface area contributed by atoms with E-state index in [1.165, 1.54) is 6.20 Å². The molecule has 144 valence electrons. The number of halogens is 3. The molecule has 2 rings (SSSR count). The minimum atomic E-state index is -3.73. The largest absolute Gasteiger partial charge is 0.400 e. The maximum absolute atomic E-state index is 12.9. The molecule has 0 fully saturated rings. The summed E-state index contributed by atoms with van der Waals surface area (Å²) in [5.74, 6) is -0.742. The van der Waals surface area contributed by atoms with Crippen LogP contribution in [0.3, 0.4) is 0 Å². The molecular formula is C15H20ClF2N4O3P. The summed E-state index contributed by atoms with van der Waals surface area (Å²) in [6, 6.07) is 3.18. The quantitative estimate of drug-likeness (QED) is 0.486. The van der Waals surface area contributed by atoms with Crippen LogP contribution in [0.25, 0.3) is 11.4 Å². The molecule has 26 heavy (non-hydrogen) atoms. The first-order valence-electron chi connectivity index (χ1n) is 7.98. The third-order valence-corrected chi connectivity index (χ3v) is 5.44. The van der Waals surface area contributed by atoms with Gasteiger partial charge in [-0.25, -0.2) is 5.09 Å². The van der Waals surface area contributed by atoms with Crippen LogP contribution in [0.2, 0.25) is 0 Å². The van der Waals surface area contributed by atoms with E-state index in [0.29, 0.717) is 30.3 Å². The molecule has 2 heterocycles. The van der Waals surface area contributed by atoms with Crippen molar-refractivity contribution in [2.24, 2.45) is 5.92 Å². The first kappa shape index (κ1) is 20.9. The highest BCUT2D eigenvalue weighted by atomic mass is 35.5. The van der Waals surface area contributed by atoms with Crippen molar-refractivity contribution in [1.82, 2.24) is 20.2 Å². The zero-order valence-corrected chi connectivity index (χ0v) is 16.2. The van der Waals surface area contributed by atoms with Crippen molar-refractivity contribution in [3.63, 3.8) is 0 Å². The maximum atomic E-state index is 12.9. The maximum Gasteiger partial charge on any atom is 0.400 e. The van der Waals surface area contributed by atoms with Gasteiger partial charge in [0, 0.05) is 18.3 Å². The molecule has 0 aliphatic heterocycles. The summed E-state index contributed by atoms with van der Waals surface area (Å²) < 4.78 is 48.6. The lowest BCUT2D eigenvalue weighted by atomic mass is 10.2. The third kappa shape index (κ3) is 5.81. The first-order chi connectivity index (χ1) is 12.1. The van der Waals surface area contributed by atoms with E-state index in [4.69, 9.17) is 16.1 Å². The molecule has 0 spiro atoms. The van der Waals surface area contributed by atoms with Crippen LogP contribution in [-0.2, 0) is 20.6 Å². The molecule has 0 aliphatic carbocycles. The second-order valence-electron chi connectivity index (χ2n) is 5.96. The predicted octanol–water partition coefficient (Wildman–Crippen LogP) is 4.39. The Kier molecular flexibility index (Phi) is 6.85. The van der Waals surface area contributed by atoms with Gasteiger partial charge in [0.05, 0.1) is 18.5 Å². The second-order valence-corrected chi connectivity index (χ2v) is 8.68. The number of rotatable bonds is 9. The van der Waals surface area contributed by atoms with Gasteiger partial charge in [-0.05, 0) is 36.6 Å². The van der Waals surface area contributed by atoms with E-state index < -0.39 is 18.8 Å². The molecule has 0 saturated heterocycles. The Morgan fingerprint density at radius 1 is 1.42 bits per heavy atom. The highest BCUT2D eigenvalue weighted by molar-refractivity contribution is 7.56. The van der Waals surface area contributed by atoms with Gasteiger partial charge >= 0.3 is 11.3 Å². The number of nitrogens with one attached hydrogen (secondary N) is 1. The van der Waals surface area contributed by atoms with Crippen LogP contribution < -0.4 is 5.09 Å². The highest BCUT2D eigenvalue weighted by Crippen LogP contribution is 2.45. The van der Waals surface area contributed by atoms with Crippen LogP contribution in [-0.4, -0.2) is 28.3 Å². The standard InChI is InChI=1S/C15H20ClF2N4O3P/c1-4-24-26(23,20-7-10(2)3)9-12-6-5-11(8-19-12)13-21-14(25-22-13)15(16,17)18/h5-6,8,10H,4,7,9H2,1-3H3,(H,20,23). The van der Waals surface area contributed by atoms with Crippen LogP contribution in [0.1, 0.15) is 32.4 Å². The van der Waals surface area contributed by atoms with Gasteiger partial charge in [-0.2, -0.15) is 13.8 Å². The molecule has 1 atom stereocenters. The van der Waals surface area contributed by atoms with Crippen molar-refractivity contribution in [2.45, 2.75) is 32.3 Å². The molecule has 0 bridgehead atoms. The van der Waals surface area contributed by atoms with Gasteiger partial charge in [-0.3, -0.25) is 9.55 Å². The summed E-state index contributed by atoms with van der Waals surface area (Å²) in [5.41, 5.74) is 0.888. The van der Waals surface area contributed by atoms with Crippen molar-refractivity contribution >= 4 is 19.1 Å². The minimum absolute atomic E-state index is 0.0645. The van der Waals surface area contributed by atoms with Crippen LogP contribution in [0, 0.1) is 5.92 Å². The number of alkyl halides is 3. The summed E-state index contributed by atoms with van der Waals surface area (Å²) in [4.78, 5) is 7.73. The van der Waals surface area contributed by atoms with Gasteiger partial charge in [-0.1, -0.05) is 19.0 Å². The zero-order chi connectivity index (χ0) is 19.4. The Morgan fingerprint density at radius 2 is 2.15 bits per heavy atom. The van der Waals surface area contributed by atoms with Gasteiger partial charge in [0.25, 0.3) is 7.52 Å². The van der Waals surface area contributed by atoms with E-state index in [0.717, 1.165) is 0 Å². The molecule has 7 nitrogen and oxygen atoms in total. The highest BCUT2D eigenvalue weighted by Gasteiger charge is 2.35. The minimum Gasteiger partial charge on any atom is -0.331 e.